The van der Waals surface area contributed by atoms with E-state index in [-0.39, 0.29) is 11.3 Å². The van der Waals surface area contributed by atoms with Gasteiger partial charge in [0, 0.05) is 5.56 Å². The van der Waals surface area contributed by atoms with Crippen molar-refractivity contribution in [3.05, 3.63) is 89.5 Å². The average molecular weight is 401 g/mol. The number of nitrogens with one attached hydrogen (secondary N) is 1. The number of hydrogen-bond donors (Lipinski definition) is 1. The van der Waals surface area contributed by atoms with Crippen LogP contribution in [-0.2, 0) is 10.0 Å². The molecule has 0 aromatic heterocycles. The van der Waals surface area contributed by atoms with Crippen LogP contribution in [0.1, 0.15) is 11.1 Å². The van der Waals surface area contributed by atoms with E-state index in [1.54, 1.807) is 30.3 Å². The first-order valence-corrected chi connectivity index (χ1v) is 9.64. The van der Waals surface area contributed by atoms with Crippen LogP contribution in [-0.4, -0.2) is 14.3 Å². The fraction of sp³-hybridized carbons (Fsp3) is 0.0500. The molecule has 3 aromatic carbocycles. The maximum absolute atomic E-state index is 13.4. The quantitative estimate of drug-likeness (QED) is 0.525. The van der Waals surface area contributed by atoms with Crippen molar-refractivity contribution >= 4 is 27.3 Å². The molecule has 5 nitrogen and oxygen atoms in total. The second kappa shape index (κ2) is 7.77. The molecule has 0 amide bonds. The van der Waals surface area contributed by atoms with Gasteiger partial charge >= 0.3 is 0 Å². The first-order chi connectivity index (χ1) is 13.3. The predicted molar refractivity (Wildman–Crippen MR) is 101 cm³/mol. The summed E-state index contributed by atoms with van der Waals surface area (Å²) in [5, 5.41) is 12.5. The SMILES string of the molecule is Cc1ccc(N=C([O-])c2ccccc2NS(=O)(=O)c2ccc(F)c(F)c2)cc1. The summed E-state index contributed by atoms with van der Waals surface area (Å²) < 4.78 is 53.7. The molecule has 0 radical (unpaired) electrons. The molecule has 0 aliphatic carbocycles. The lowest BCUT2D eigenvalue weighted by Crippen LogP contribution is -2.22. The zero-order chi connectivity index (χ0) is 20.3. The van der Waals surface area contributed by atoms with E-state index in [1.165, 1.54) is 18.2 Å². The predicted octanol–water partition coefficient (Wildman–Crippen LogP) is 3.51. The molecule has 0 aliphatic heterocycles. The van der Waals surface area contributed by atoms with Gasteiger partial charge in [0.25, 0.3) is 10.0 Å². The smallest absolute Gasteiger partial charge is 0.262 e. The fourth-order valence-corrected chi connectivity index (χ4v) is 3.49. The molecule has 8 heteroatoms. The van der Waals surface area contributed by atoms with E-state index < -0.39 is 32.5 Å². The summed E-state index contributed by atoms with van der Waals surface area (Å²) in [7, 11) is -4.24. The Kier molecular flexibility index (Phi) is 5.41. The summed E-state index contributed by atoms with van der Waals surface area (Å²) in [6.07, 6.45) is 0. The molecule has 144 valence electrons. The van der Waals surface area contributed by atoms with E-state index in [0.717, 1.165) is 11.6 Å². The van der Waals surface area contributed by atoms with Crippen LogP contribution in [0.5, 0.6) is 0 Å². The van der Waals surface area contributed by atoms with Gasteiger partial charge in [0.1, 0.15) is 0 Å². The Labute approximate surface area is 161 Å². The summed E-state index contributed by atoms with van der Waals surface area (Å²) >= 11 is 0. The highest BCUT2D eigenvalue weighted by Crippen LogP contribution is 2.22. The van der Waals surface area contributed by atoms with E-state index in [9.17, 15) is 22.3 Å². The molecule has 0 saturated heterocycles. The van der Waals surface area contributed by atoms with Gasteiger partial charge in [-0.3, -0.25) is 9.71 Å². The molecular formula is C20H15F2N2O3S-. The van der Waals surface area contributed by atoms with Crippen LogP contribution in [0.15, 0.2) is 76.6 Å². The third kappa shape index (κ3) is 4.34. The molecule has 1 N–H and O–H groups in total. The van der Waals surface area contributed by atoms with Crippen LogP contribution in [0.4, 0.5) is 20.2 Å². The van der Waals surface area contributed by atoms with Crippen molar-refractivity contribution in [3.63, 3.8) is 0 Å². The minimum Gasteiger partial charge on any atom is -0.858 e. The Bertz CT molecular complexity index is 1140. The molecule has 0 saturated carbocycles. The number of benzene rings is 3. The maximum Gasteiger partial charge on any atom is 0.262 e. The van der Waals surface area contributed by atoms with E-state index >= 15 is 0 Å². The third-order valence-electron chi connectivity index (χ3n) is 3.87. The fourth-order valence-electron chi connectivity index (χ4n) is 2.40. The van der Waals surface area contributed by atoms with Crippen molar-refractivity contribution in [2.75, 3.05) is 4.72 Å². The summed E-state index contributed by atoms with van der Waals surface area (Å²) in [5.74, 6) is -3.10. The largest absolute Gasteiger partial charge is 0.858 e. The van der Waals surface area contributed by atoms with Crippen LogP contribution in [0.2, 0.25) is 0 Å². The third-order valence-corrected chi connectivity index (χ3v) is 5.23. The molecule has 28 heavy (non-hydrogen) atoms. The monoisotopic (exact) mass is 401 g/mol. The van der Waals surface area contributed by atoms with Gasteiger partial charge in [-0.25, -0.2) is 17.2 Å². The molecule has 3 aromatic rings. The van der Waals surface area contributed by atoms with Gasteiger partial charge in [0.2, 0.25) is 0 Å². The van der Waals surface area contributed by atoms with Gasteiger partial charge in [0.15, 0.2) is 11.6 Å². The summed E-state index contributed by atoms with van der Waals surface area (Å²) in [5.41, 5.74) is 1.43. The lowest BCUT2D eigenvalue weighted by molar-refractivity contribution is -0.212. The number of nitrogens with zero attached hydrogens (tertiary/aromatic N) is 1. The molecule has 3 rings (SSSR count). The van der Waals surface area contributed by atoms with Crippen molar-refractivity contribution in [3.8, 4) is 0 Å². The zero-order valence-electron chi connectivity index (χ0n) is 14.7. The van der Waals surface area contributed by atoms with Gasteiger partial charge in [-0.1, -0.05) is 35.9 Å². The molecular weight excluding hydrogens is 386 g/mol. The van der Waals surface area contributed by atoms with Crippen molar-refractivity contribution in [1.29, 1.82) is 0 Å². The van der Waals surface area contributed by atoms with Gasteiger partial charge in [-0.15, -0.1) is 0 Å². The van der Waals surface area contributed by atoms with Crippen LogP contribution in [0.25, 0.3) is 0 Å². The first kappa shape index (κ1) is 19.5. The Hall–Kier alpha value is -3.26. The number of para-hydroxylation sites is 1. The molecule has 0 aliphatic rings. The molecule has 0 heterocycles. The minimum absolute atomic E-state index is 0.0203. The average Bonchev–Trinajstić information content (AvgIpc) is 2.66. The van der Waals surface area contributed by atoms with E-state index in [4.69, 9.17) is 0 Å². The molecule has 0 bridgehead atoms. The van der Waals surface area contributed by atoms with Gasteiger partial charge in [-0.2, -0.15) is 0 Å². The highest BCUT2D eigenvalue weighted by atomic mass is 32.2. The number of halogens is 2. The first-order valence-electron chi connectivity index (χ1n) is 8.16. The topological polar surface area (TPSA) is 81.6 Å². The summed E-state index contributed by atoms with van der Waals surface area (Å²) in [6, 6.07) is 15.0. The van der Waals surface area contributed by atoms with E-state index in [1.807, 2.05) is 6.92 Å². The van der Waals surface area contributed by atoms with Gasteiger partial charge < -0.3 is 5.11 Å². The van der Waals surface area contributed by atoms with Crippen LogP contribution < -0.4 is 9.83 Å². The molecule has 0 unspecified atom stereocenters. The Morgan fingerprint density at radius 2 is 1.64 bits per heavy atom. The second-order valence-electron chi connectivity index (χ2n) is 5.98. The van der Waals surface area contributed by atoms with Crippen LogP contribution in [0.3, 0.4) is 0 Å². The lowest BCUT2D eigenvalue weighted by Gasteiger charge is -2.17. The highest BCUT2D eigenvalue weighted by Gasteiger charge is 2.18. The Morgan fingerprint density at radius 1 is 0.964 bits per heavy atom. The Morgan fingerprint density at radius 3 is 2.32 bits per heavy atom. The van der Waals surface area contributed by atoms with Crippen molar-refractivity contribution in [2.45, 2.75) is 11.8 Å². The highest BCUT2D eigenvalue weighted by molar-refractivity contribution is 7.92. The van der Waals surface area contributed by atoms with Gasteiger partial charge in [-0.05, 0) is 49.2 Å². The van der Waals surface area contributed by atoms with E-state index in [0.29, 0.717) is 17.8 Å². The second-order valence-corrected chi connectivity index (χ2v) is 7.66. The standard InChI is InChI=1S/C20H16F2N2O3S/c1-13-6-8-14(9-7-13)23-20(25)16-4-2-3-5-19(16)24-28(26,27)15-10-11-17(21)18(22)12-15/h2-12,24H,1H3,(H,23,25)/p-1. The van der Waals surface area contributed by atoms with E-state index in [2.05, 4.69) is 9.71 Å². The number of aryl methyl sites for hydroxylation is 1. The minimum atomic E-state index is -4.24. The van der Waals surface area contributed by atoms with Crippen molar-refractivity contribution < 1.29 is 22.3 Å². The number of aliphatic imine (C=N–C) groups is 1. The number of sulfonamides is 1. The Balaban J connectivity index is 1.95. The number of anilines is 1. The van der Waals surface area contributed by atoms with Gasteiger partial charge in [0.05, 0.1) is 16.3 Å². The van der Waals surface area contributed by atoms with Crippen molar-refractivity contribution in [1.82, 2.24) is 0 Å². The zero-order valence-corrected chi connectivity index (χ0v) is 15.5. The molecule has 0 spiro atoms. The molecule has 0 fully saturated rings. The normalized spacial score (nSPS) is 12.0. The van der Waals surface area contributed by atoms with Crippen molar-refractivity contribution in [2.24, 2.45) is 4.99 Å². The summed E-state index contributed by atoms with van der Waals surface area (Å²) in [4.78, 5) is 3.51. The number of rotatable bonds is 5. The molecule has 0 atom stereocenters. The van der Waals surface area contributed by atoms with Crippen LogP contribution in [0, 0.1) is 18.6 Å². The number of hydrogen-bond acceptors (Lipinski definition) is 4. The maximum atomic E-state index is 13.4. The summed E-state index contributed by atoms with van der Waals surface area (Å²) in [6.45, 7) is 1.90. The lowest BCUT2D eigenvalue weighted by atomic mass is 10.2. The van der Waals surface area contributed by atoms with Crippen LogP contribution >= 0.6 is 0 Å².